The maximum Gasteiger partial charge on any atom is 0.304 e. The van der Waals surface area contributed by atoms with Gasteiger partial charge in [0.05, 0.1) is 0 Å². The molecule has 0 radical (unpaired) electrons. The summed E-state index contributed by atoms with van der Waals surface area (Å²) >= 11 is 0. The zero-order valence-corrected chi connectivity index (χ0v) is 11.4. The highest BCUT2D eigenvalue weighted by atomic mass is 29.7. The Kier molecular flexibility index (Phi) is 2.95. The fraction of sp³-hybridized carbons (Fsp3) is 1.00. The third-order valence-electron chi connectivity index (χ3n) is 3.06. The van der Waals surface area contributed by atoms with Crippen molar-refractivity contribution in [1.29, 1.82) is 0 Å². The van der Waals surface area contributed by atoms with E-state index in [1.54, 1.807) is 6.55 Å². The summed E-state index contributed by atoms with van der Waals surface area (Å²) in [6.45, 7) is 12.6. The normalized spacial score (nSPS) is 15.3. The SMILES string of the molecule is C[Si](C)(C)[Si](C)(C)[Si](C)(O)O. The smallest absolute Gasteiger partial charge is 0.304 e. The molecule has 0 spiro atoms. The van der Waals surface area contributed by atoms with E-state index in [1.807, 2.05) is 0 Å². The molecule has 5 heteroatoms. The fourth-order valence-electron chi connectivity index (χ4n) is 0.710. The first-order valence-electron chi connectivity index (χ1n) is 3.95. The van der Waals surface area contributed by atoms with Gasteiger partial charge in [0.2, 0.25) is 0 Å². The molecule has 0 aliphatic heterocycles. The van der Waals surface area contributed by atoms with Crippen molar-refractivity contribution in [1.82, 2.24) is 0 Å². The van der Waals surface area contributed by atoms with Crippen molar-refractivity contribution < 1.29 is 9.59 Å². The third-order valence-corrected chi connectivity index (χ3v) is 38.5. The highest BCUT2D eigenvalue weighted by Gasteiger charge is 2.52. The summed E-state index contributed by atoms with van der Waals surface area (Å²) in [7, 11) is -5.86. The molecule has 0 aromatic heterocycles. The van der Waals surface area contributed by atoms with E-state index in [0.717, 1.165) is 0 Å². The van der Waals surface area contributed by atoms with Gasteiger partial charge >= 0.3 is 8.08 Å². The molecule has 68 valence electrons. The Bertz CT molecular complexity index is 127. The van der Waals surface area contributed by atoms with Gasteiger partial charge in [-0.25, -0.2) is 0 Å². The largest absolute Gasteiger partial charge is 0.413 e. The lowest BCUT2D eigenvalue weighted by molar-refractivity contribution is 0.398. The summed E-state index contributed by atoms with van der Waals surface area (Å²) in [4.78, 5) is 19.3. The lowest BCUT2D eigenvalue weighted by Gasteiger charge is -2.40. The Morgan fingerprint density at radius 2 is 1.00 bits per heavy atom. The molecule has 0 aromatic rings. The Hall–Kier alpha value is 0.571. The Balaban J connectivity index is 4.75. The zero-order valence-electron chi connectivity index (χ0n) is 8.39. The van der Waals surface area contributed by atoms with Gasteiger partial charge in [-0.3, -0.25) is 0 Å². The highest BCUT2D eigenvalue weighted by Crippen LogP contribution is 2.24. The number of rotatable bonds is 2. The van der Waals surface area contributed by atoms with Gasteiger partial charge < -0.3 is 9.59 Å². The zero-order chi connectivity index (χ0) is 9.50. The molecule has 0 bridgehead atoms. The van der Waals surface area contributed by atoms with E-state index < -0.39 is 22.8 Å². The molecule has 0 heterocycles. The molecule has 0 fully saturated rings. The van der Waals surface area contributed by atoms with E-state index in [4.69, 9.17) is 0 Å². The van der Waals surface area contributed by atoms with E-state index in [1.165, 1.54) is 0 Å². The van der Waals surface area contributed by atoms with Crippen LogP contribution in [0.2, 0.25) is 39.3 Å². The predicted octanol–water partition coefficient (Wildman–Crippen LogP) is 1.25. The summed E-state index contributed by atoms with van der Waals surface area (Å²) in [5, 5.41) is 0. The molecule has 0 unspecified atom stereocenters. The fourth-order valence-corrected chi connectivity index (χ4v) is 19.2. The molecule has 2 nitrogen and oxygen atoms in total. The first-order chi connectivity index (χ1) is 4.50. The molecule has 0 aliphatic carbocycles. The van der Waals surface area contributed by atoms with Crippen LogP contribution in [0, 0.1) is 0 Å². The van der Waals surface area contributed by atoms with E-state index in [2.05, 4.69) is 32.7 Å². The van der Waals surface area contributed by atoms with E-state index in [9.17, 15) is 9.59 Å². The summed E-state index contributed by atoms with van der Waals surface area (Å²) in [5.41, 5.74) is 0. The lowest BCUT2D eigenvalue weighted by Crippen LogP contribution is -2.70. The predicted molar refractivity (Wildman–Crippen MR) is 56.9 cm³/mol. The molecule has 0 amide bonds. The first kappa shape index (κ1) is 11.6. The maximum atomic E-state index is 9.67. The van der Waals surface area contributed by atoms with Crippen LogP contribution in [-0.4, -0.2) is 32.4 Å². The highest BCUT2D eigenvalue weighted by molar-refractivity contribution is 7.65. The summed E-state index contributed by atoms with van der Waals surface area (Å²) in [6, 6.07) is 0. The minimum Gasteiger partial charge on any atom is -0.413 e. The standard InChI is InChI=1S/C6H20O2Si3/c1-9(2,3)10(4,5)11(6,7)8/h7-8H,1-6H3. The van der Waals surface area contributed by atoms with Crippen molar-refractivity contribution in [2.24, 2.45) is 0 Å². The van der Waals surface area contributed by atoms with Crippen molar-refractivity contribution in [3.8, 4) is 0 Å². The second kappa shape index (κ2) is 2.81. The second-order valence-corrected chi connectivity index (χ2v) is 31.0. The second-order valence-electron chi connectivity index (χ2n) is 4.90. The molecule has 2 N–H and O–H groups in total. The van der Waals surface area contributed by atoms with Gasteiger partial charge in [0.15, 0.2) is 0 Å². The minimum absolute atomic E-state index is 1.32. The average molecular weight is 208 g/mol. The molecule has 0 aromatic carbocycles. The van der Waals surface area contributed by atoms with Crippen LogP contribution in [0.25, 0.3) is 0 Å². The van der Waals surface area contributed by atoms with Crippen LogP contribution in [0.4, 0.5) is 0 Å². The van der Waals surface area contributed by atoms with Crippen LogP contribution < -0.4 is 0 Å². The van der Waals surface area contributed by atoms with Gasteiger partial charge in [-0.2, -0.15) is 0 Å². The van der Waals surface area contributed by atoms with Crippen LogP contribution in [0.1, 0.15) is 0 Å². The third kappa shape index (κ3) is 2.25. The van der Waals surface area contributed by atoms with Gasteiger partial charge in [-0.05, 0) is 6.55 Å². The molecule has 0 saturated heterocycles. The van der Waals surface area contributed by atoms with Gasteiger partial charge in [-0.15, -0.1) is 0 Å². The minimum atomic E-state index is -2.82. The number of hydrogen-bond acceptors (Lipinski definition) is 2. The Labute approximate surface area is 72.1 Å². The van der Waals surface area contributed by atoms with E-state index >= 15 is 0 Å². The average Bonchev–Trinajstić information content (AvgIpc) is 1.58. The van der Waals surface area contributed by atoms with Gasteiger partial charge in [0.1, 0.15) is 7.11 Å². The van der Waals surface area contributed by atoms with Crippen LogP contribution >= 0.6 is 0 Å². The van der Waals surface area contributed by atoms with Crippen LogP contribution in [0.5, 0.6) is 0 Å². The summed E-state index contributed by atoms with van der Waals surface area (Å²) in [5.74, 6) is 0. The Morgan fingerprint density at radius 1 is 0.727 bits per heavy atom. The molecule has 0 aliphatic rings. The topological polar surface area (TPSA) is 40.5 Å². The monoisotopic (exact) mass is 208 g/mol. The van der Waals surface area contributed by atoms with E-state index in [0.29, 0.717) is 0 Å². The van der Waals surface area contributed by atoms with Crippen molar-refractivity contribution in [2.75, 3.05) is 0 Å². The van der Waals surface area contributed by atoms with Crippen molar-refractivity contribution in [2.45, 2.75) is 39.3 Å². The van der Waals surface area contributed by atoms with Gasteiger partial charge in [0.25, 0.3) is 0 Å². The molecule has 0 saturated carbocycles. The van der Waals surface area contributed by atoms with Crippen molar-refractivity contribution in [3.05, 3.63) is 0 Å². The van der Waals surface area contributed by atoms with Crippen LogP contribution in [-0.2, 0) is 0 Å². The molecular formula is C6H20O2Si3. The quantitative estimate of drug-likeness (QED) is 0.671. The summed E-state index contributed by atoms with van der Waals surface area (Å²) < 4.78 is 0. The maximum absolute atomic E-state index is 9.67. The van der Waals surface area contributed by atoms with Crippen LogP contribution in [0.15, 0.2) is 0 Å². The molecular weight excluding hydrogens is 188 g/mol. The van der Waals surface area contributed by atoms with E-state index in [-0.39, 0.29) is 0 Å². The number of hydrogen-bond donors (Lipinski definition) is 2. The molecule has 0 rings (SSSR count). The Morgan fingerprint density at radius 3 is 1.00 bits per heavy atom. The van der Waals surface area contributed by atoms with Gasteiger partial charge in [-0.1, -0.05) is 32.7 Å². The molecule has 0 atom stereocenters. The van der Waals surface area contributed by atoms with Gasteiger partial charge in [0, 0.05) is 7.59 Å². The lowest BCUT2D eigenvalue weighted by atomic mass is 11.8. The first-order valence-corrected chi connectivity index (χ1v) is 14.8. The summed E-state index contributed by atoms with van der Waals surface area (Å²) in [6.07, 6.45) is 0. The molecule has 11 heavy (non-hydrogen) atoms. The van der Waals surface area contributed by atoms with Crippen molar-refractivity contribution in [3.63, 3.8) is 0 Å². The van der Waals surface area contributed by atoms with Crippen molar-refractivity contribution >= 4 is 22.8 Å². The van der Waals surface area contributed by atoms with Crippen LogP contribution in [0.3, 0.4) is 0 Å².